The molecule has 0 unspecified atom stereocenters. The van der Waals surface area contributed by atoms with Gasteiger partial charge in [-0.15, -0.1) is 0 Å². The van der Waals surface area contributed by atoms with E-state index in [0.29, 0.717) is 25.1 Å². The quantitative estimate of drug-likeness (QED) is 0.838. The standard InChI is InChI=1S/C19H24FN3O2/c20-17-7-4-15(5-8-17)19-16(14-22-25-19)6-9-18(24)21-10-13-23-11-2-1-3-12-23/h4-5,7-8,14H,1-3,6,9-13H2,(H,21,24). The van der Waals surface area contributed by atoms with Gasteiger partial charge < -0.3 is 14.7 Å². The van der Waals surface area contributed by atoms with Gasteiger partial charge in [0.05, 0.1) is 6.20 Å². The zero-order chi connectivity index (χ0) is 17.5. The van der Waals surface area contributed by atoms with Crippen LogP contribution >= 0.6 is 0 Å². The lowest BCUT2D eigenvalue weighted by Crippen LogP contribution is -2.37. The molecule has 0 aliphatic carbocycles. The monoisotopic (exact) mass is 345 g/mol. The number of carbonyl (C=O) groups excluding carboxylic acids is 1. The zero-order valence-corrected chi connectivity index (χ0v) is 14.3. The maximum absolute atomic E-state index is 13.0. The van der Waals surface area contributed by atoms with Crippen LogP contribution in [-0.4, -0.2) is 42.1 Å². The Morgan fingerprint density at radius 2 is 1.96 bits per heavy atom. The topological polar surface area (TPSA) is 58.4 Å². The van der Waals surface area contributed by atoms with Crippen molar-refractivity contribution < 1.29 is 13.7 Å². The van der Waals surface area contributed by atoms with Crippen molar-refractivity contribution in [3.05, 3.63) is 41.8 Å². The number of aromatic nitrogens is 1. The van der Waals surface area contributed by atoms with E-state index >= 15 is 0 Å². The molecule has 0 radical (unpaired) electrons. The van der Waals surface area contributed by atoms with Crippen molar-refractivity contribution in [2.24, 2.45) is 0 Å². The molecule has 1 saturated heterocycles. The number of aryl methyl sites for hydroxylation is 1. The van der Waals surface area contributed by atoms with E-state index in [1.165, 1.54) is 31.4 Å². The molecule has 0 bridgehead atoms. The molecule has 0 saturated carbocycles. The summed E-state index contributed by atoms with van der Waals surface area (Å²) in [5.41, 5.74) is 1.62. The van der Waals surface area contributed by atoms with Gasteiger partial charge in [-0.05, 0) is 56.6 Å². The average molecular weight is 345 g/mol. The minimum atomic E-state index is -0.294. The van der Waals surface area contributed by atoms with Crippen LogP contribution in [0.15, 0.2) is 35.0 Å². The van der Waals surface area contributed by atoms with Crippen molar-refractivity contribution in [1.82, 2.24) is 15.4 Å². The van der Waals surface area contributed by atoms with Gasteiger partial charge >= 0.3 is 0 Å². The molecule has 6 heteroatoms. The molecule has 3 rings (SSSR count). The van der Waals surface area contributed by atoms with Crippen molar-refractivity contribution >= 4 is 5.91 Å². The van der Waals surface area contributed by atoms with Crippen LogP contribution < -0.4 is 5.32 Å². The van der Waals surface area contributed by atoms with E-state index in [2.05, 4.69) is 15.4 Å². The Bertz CT molecular complexity index is 678. The lowest BCUT2D eigenvalue weighted by molar-refractivity contribution is -0.121. The predicted octanol–water partition coefficient (Wildman–Crippen LogP) is 3.02. The van der Waals surface area contributed by atoms with Crippen LogP contribution in [0, 0.1) is 5.82 Å². The molecule has 1 aromatic heterocycles. The summed E-state index contributed by atoms with van der Waals surface area (Å²) < 4.78 is 18.3. The smallest absolute Gasteiger partial charge is 0.220 e. The number of piperidine rings is 1. The summed E-state index contributed by atoms with van der Waals surface area (Å²) in [6.07, 6.45) is 6.39. The number of hydrogen-bond acceptors (Lipinski definition) is 4. The summed E-state index contributed by atoms with van der Waals surface area (Å²) >= 11 is 0. The molecule has 1 amide bonds. The van der Waals surface area contributed by atoms with Gasteiger partial charge in [-0.3, -0.25) is 4.79 Å². The number of rotatable bonds is 7. The van der Waals surface area contributed by atoms with Gasteiger partial charge in [-0.2, -0.15) is 0 Å². The van der Waals surface area contributed by atoms with Crippen molar-refractivity contribution in [3.8, 4) is 11.3 Å². The highest BCUT2D eigenvalue weighted by atomic mass is 19.1. The van der Waals surface area contributed by atoms with Crippen LogP contribution in [0.25, 0.3) is 11.3 Å². The van der Waals surface area contributed by atoms with Gasteiger partial charge in [0.25, 0.3) is 0 Å². The summed E-state index contributed by atoms with van der Waals surface area (Å²) in [4.78, 5) is 14.4. The second-order valence-electron chi connectivity index (χ2n) is 6.44. The number of halogens is 1. The molecule has 1 fully saturated rings. The summed E-state index contributed by atoms with van der Waals surface area (Å²) in [5.74, 6) is 0.335. The van der Waals surface area contributed by atoms with Crippen molar-refractivity contribution in [2.45, 2.75) is 32.1 Å². The fourth-order valence-corrected chi connectivity index (χ4v) is 3.15. The number of amides is 1. The first-order valence-corrected chi connectivity index (χ1v) is 8.91. The molecule has 134 valence electrons. The van der Waals surface area contributed by atoms with E-state index < -0.39 is 0 Å². The highest BCUT2D eigenvalue weighted by Crippen LogP contribution is 2.24. The van der Waals surface area contributed by atoms with Crippen LogP contribution in [0.2, 0.25) is 0 Å². The molecule has 1 aliphatic heterocycles. The third-order valence-corrected chi connectivity index (χ3v) is 4.57. The molecule has 2 heterocycles. The Kier molecular flexibility index (Phi) is 6.17. The second kappa shape index (κ2) is 8.76. The number of hydrogen-bond donors (Lipinski definition) is 1. The van der Waals surface area contributed by atoms with Gasteiger partial charge in [0.1, 0.15) is 5.82 Å². The molecule has 5 nitrogen and oxygen atoms in total. The van der Waals surface area contributed by atoms with Crippen LogP contribution in [0.1, 0.15) is 31.2 Å². The third kappa shape index (κ3) is 5.13. The highest BCUT2D eigenvalue weighted by molar-refractivity contribution is 5.76. The van der Waals surface area contributed by atoms with E-state index in [1.54, 1.807) is 18.3 Å². The lowest BCUT2D eigenvalue weighted by Gasteiger charge is -2.26. The van der Waals surface area contributed by atoms with Gasteiger partial charge in [0.2, 0.25) is 5.91 Å². The fraction of sp³-hybridized carbons (Fsp3) is 0.474. The Hall–Kier alpha value is -2.21. The maximum Gasteiger partial charge on any atom is 0.220 e. The van der Waals surface area contributed by atoms with Crippen LogP contribution in [0.5, 0.6) is 0 Å². The third-order valence-electron chi connectivity index (χ3n) is 4.57. The first kappa shape index (κ1) is 17.6. The van der Waals surface area contributed by atoms with Crippen LogP contribution in [-0.2, 0) is 11.2 Å². The molecule has 2 aromatic rings. The van der Waals surface area contributed by atoms with Crippen molar-refractivity contribution in [1.29, 1.82) is 0 Å². The van der Waals surface area contributed by atoms with Crippen molar-refractivity contribution in [3.63, 3.8) is 0 Å². The lowest BCUT2D eigenvalue weighted by atomic mass is 10.1. The zero-order valence-electron chi connectivity index (χ0n) is 14.3. The van der Waals surface area contributed by atoms with E-state index in [1.807, 2.05) is 0 Å². The number of nitrogens with zero attached hydrogens (tertiary/aromatic N) is 2. The van der Waals surface area contributed by atoms with E-state index in [0.717, 1.165) is 30.8 Å². The Labute approximate surface area is 147 Å². The Balaban J connectivity index is 1.44. The maximum atomic E-state index is 13.0. The number of benzene rings is 1. The molecular weight excluding hydrogens is 321 g/mol. The Morgan fingerprint density at radius 1 is 1.20 bits per heavy atom. The number of likely N-dealkylation sites (tertiary alicyclic amines) is 1. The normalized spacial score (nSPS) is 15.2. The molecule has 1 aromatic carbocycles. The van der Waals surface area contributed by atoms with Gasteiger partial charge in [-0.25, -0.2) is 4.39 Å². The van der Waals surface area contributed by atoms with Gasteiger partial charge in [0, 0.05) is 30.6 Å². The minimum absolute atomic E-state index is 0.0308. The first-order valence-electron chi connectivity index (χ1n) is 8.91. The van der Waals surface area contributed by atoms with Crippen LogP contribution in [0.4, 0.5) is 4.39 Å². The SMILES string of the molecule is O=C(CCc1cnoc1-c1ccc(F)cc1)NCCN1CCCCC1. The largest absolute Gasteiger partial charge is 0.356 e. The van der Waals surface area contributed by atoms with Crippen molar-refractivity contribution in [2.75, 3.05) is 26.2 Å². The van der Waals surface area contributed by atoms with Crippen LogP contribution in [0.3, 0.4) is 0 Å². The highest BCUT2D eigenvalue weighted by Gasteiger charge is 2.13. The van der Waals surface area contributed by atoms with Gasteiger partial charge in [-0.1, -0.05) is 11.6 Å². The predicted molar refractivity (Wildman–Crippen MR) is 93.5 cm³/mol. The molecule has 25 heavy (non-hydrogen) atoms. The molecule has 1 aliphatic rings. The second-order valence-corrected chi connectivity index (χ2v) is 6.44. The van der Waals surface area contributed by atoms with Gasteiger partial charge in [0.15, 0.2) is 5.76 Å². The fourth-order valence-electron chi connectivity index (χ4n) is 3.15. The van der Waals surface area contributed by atoms with E-state index in [9.17, 15) is 9.18 Å². The molecule has 0 spiro atoms. The Morgan fingerprint density at radius 3 is 2.72 bits per heavy atom. The van der Waals surface area contributed by atoms with E-state index in [-0.39, 0.29) is 11.7 Å². The summed E-state index contributed by atoms with van der Waals surface area (Å²) in [5, 5.41) is 6.79. The number of nitrogens with one attached hydrogen (secondary N) is 1. The molecule has 1 N–H and O–H groups in total. The summed E-state index contributed by atoms with van der Waals surface area (Å²) in [6.45, 7) is 3.88. The number of carbonyl (C=O) groups is 1. The minimum Gasteiger partial charge on any atom is -0.356 e. The average Bonchev–Trinajstić information content (AvgIpc) is 3.10. The van der Waals surface area contributed by atoms with E-state index in [4.69, 9.17) is 4.52 Å². The molecular formula is C19H24FN3O2. The first-order chi connectivity index (χ1) is 12.2. The summed E-state index contributed by atoms with van der Waals surface area (Å²) in [6, 6.07) is 6.07. The molecule has 0 atom stereocenters. The summed E-state index contributed by atoms with van der Waals surface area (Å²) in [7, 11) is 0.